The van der Waals surface area contributed by atoms with E-state index in [0.717, 1.165) is 33.9 Å². The molecule has 0 aliphatic heterocycles. The summed E-state index contributed by atoms with van der Waals surface area (Å²) in [5.74, 6) is 0.911. The molecule has 0 unspecified atom stereocenters. The van der Waals surface area contributed by atoms with Crippen molar-refractivity contribution in [2.75, 3.05) is 7.11 Å². The number of nitrogens with one attached hydrogen (secondary N) is 1. The van der Waals surface area contributed by atoms with Gasteiger partial charge in [-0.2, -0.15) is 0 Å². The van der Waals surface area contributed by atoms with Crippen LogP contribution in [0, 0.1) is 0 Å². The van der Waals surface area contributed by atoms with Gasteiger partial charge >= 0.3 is 0 Å². The summed E-state index contributed by atoms with van der Waals surface area (Å²) in [5.41, 5.74) is 2.34. The number of halogens is 1. The van der Waals surface area contributed by atoms with Gasteiger partial charge in [0.05, 0.1) is 12.0 Å². The Kier molecular flexibility index (Phi) is 5.43. The van der Waals surface area contributed by atoms with Crippen molar-refractivity contribution in [3.63, 3.8) is 0 Å². The summed E-state index contributed by atoms with van der Waals surface area (Å²) in [6, 6.07) is 16.3. The average Bonchev–Trinajstić information content (AvgIpc) is 3.04. The van der Waals surface area contributed by atoms with E-state index >= 15 is 0 Å². The van der Waals surface area contributed by atoms with E-state index in [4.69, 9.17) is 4.74 Å². The summed E-state index contributed by atoms with van der Waals surface area (Å²) < 4.78 is 6.45. The second kappa shape index (κ2) is 7.73. The summed E-state index contributed by atoms with van der Waals surface area (Å²) in [6.07, 6.45) is 1.94. The van der Waals surface area contributed by atoms with Crippen LogP contribution < -0.4 is 10.1 Å². The minimum Gasteiger partial charge on any atom is -0.496 e. The number of methoxy groups -OCH3 is 1. The van der Waals surface area contributed by atoms with Crippen LogP contribution in [0.5, 0.6) is 5.75 Å². The molecule has 2 aromatic carbocycles. The molecule has 0 bridgehead atoms. The van der Waals surface area contributed by atoms with Crippen LogP contribution in [0.25, 0.3) is 10.4 Å². The molecule has 1 heterocycles. The minimum atomic E-state index is 0.747. The molecule has 3 rings (SSSR count). The fourth-order valence-corrected chi connectivity index (χ4v) is 3.60. The van der Waals surface area contributed by atoms with Crippen molar-refractivity contribution >= 4 is 27.3 Å². The van der Waals surface area contributed by atoms with Gasteiger partial charge in [0.2, 0.25) is 0 Å². The van der Waals surface area contributed by atoms with E-state index < -0.39 is 0 Å². The van der Waals surface area contributed by atoms with E-state index in [1.54, 1.807) is 18.4 Å². The summed E-state index contributed by atoms with van der Waals surface area (Å²) in [7, 11) is 1.70. The van der Waals surface area contributed by atoms with Gasteiger partial charge in [-0.15, -0.1) is 11.3 Å². The number of hydrogen-bond donors (Lipinski definition) is 1. The molecule has 1 N–H and O–H groups in total. The number of benzene rings is 2. The highest BCUT2D eigenvalue weighted by Crippen LogP contribution is 2.28. The molecule has 0 saturated carbocycles. The maximum absolute atomic E-state index is 5.36. The van der Waals surface area contributed by atoms with E-state index in [1.807, 2.05) is 36.5 Å². The Hall–Kier alpha value is -1.69. The fraction of sp³-hybridized carbons (Fsp3) is 0.167. The molecule has 118 valence electrons. The summed E-state index contributed by atoms with van der Waals surface area (Å²) in [4.78, 5) is 5.69. The van der Waals surface area contributed by atoms with Crippen LogP contribution in [0.3, 0.4) is 0 Å². The molecule has 0 amide bonds. The van der Waals surface area contributed by atoms with Crippen molar-refractivity contribution in [3.8, 4) is 16.2 Å². The topological polar surface area (TPSA) is 34.1 Å². The lowest BCUT2D eigenvalue weighted by Gasteiger charge is -2.08. The Bertz CT molecular complexity index is 788. The van der Waals surface area contributed by atoms with Crippen molar-refractivity contribution in [3.05, 3.63) is 69.8 Å². The molecule has 1 aromatic heterocycles. The third kappa shape index (κ3) is 4.19. The Morgan fingerprint density at radius 2 is 2.00 bits per heavy atom. The molecule has 23 heavy (non-hydrogen) atoms. The molecule has 5 heteroatoms. The monoisotopic (exact) mass is 388 g/mol. The third-order valence-corrected chi connectivity index (χ3v) is 4.99. The molecule has 0 radical (unpaired) electrons. The van der Waals surface area contributed by atoms with Gasteiger partial charge in [0.1, 0.15) is 10.8 Å². The smallest absolute Gasteiger partial charge is 0.123 e. The first-order valence-corrected chi connectivity index (χ1v) is 8.90. The molecule has 0 spiro atoms. The number of para-hydroxylation sites is 1. The Morgan fingerprint density at radius 3 is 2.83 bits per heavy atom. The second-order valence-corrected chi connectivity index (χ2v) is 7.07. The van der Waals surface area contributed by atoms with Crippen LogP contribution in [0.4, 0.5) is 0 Å². The maximum atomic E-state index is 5.36. The zero-order valence-electron chi connectivity index (χ0n) is 12.8. The average molecular weight is 389 g/mol. The molecule has 0 fully saturated rings. The highest BCUT2D eigenvalue weighted by Gasteiger charge is 2.06. The predicted octanol–water partition coefficient (Wildman–Crippen LogP) is 4.87. The Balaban J connectivity index is 1.61. The molecular weight excluding hydrogens is 372 g/mol. The number of hydrogen-bond acceptors (Lipinski definition) is 4. The lowest BCUT2D eigenvalue weighted by Crippen LogP contribution is -2.13. The van der Waals surface area contributed by atoms with Gasteiger partial charge in [0, 0.05) is 29.3 Å². The first kappa shape index (κ1) is 16.2. The lowest BCUT2D eigenvalue weighted by atomic mass is 10.2. The number of ether oxygens (including phenoxy) is 1. The van der Waals surface area contributed by atoms with Crippen molar-refractivity contribution in [2.45, 2.75) is 13.1 Å². The number of nitrogens with zero attached hydrogens (tertiary/aromatic N) is 1. The van der Waals surface area contributed by atoms with Crippen molar-refractivity contribution in [2.24, 2.45) is 0 Å². The van der Waals surface area contributed by atoms with Gasteiger partial charge in [-0.1, -0.05) is 46.3 Å². The van der Waals surface area contributed by atoms with Crippen LogP contribution >= 0.6 is 27.3 Å². The molecule has 3 nitrogen and oxygen atoms in total. The molecule has 0 aliphatic carbocycles. The van der Waals surface area contributed by atoms with Crippen LogP contribution in [-0.4, -0.2) is 12.1 Å². The molecule has 3 aromatic rings. The zero-order chi connectivity index (χ0) is 16.1. The first-order chi connectivity index (χ1) is 11.3. The molecule has 0 aliphatic rings. The van der Waals surface area contributed by atoms with Crippen molar-refractivity contribution < 1.29 is 4.74 Å². The molecule has 0 saturated heterocycles. The van der Waals surface area contributed by atoms with Crippen molar-refractivity contribution in [1.29, 1.82) is 0 Å². The SMILES string of the molecule is COc1ccccc1CNCc1ncc(-c2cccc(Br)c2)s1. The highest BCUT2D eigenvalue weighted by atomic mass is 79.9. The van der Waals surface area contributed by atoms with Gasteiger partial charge in [-0.05, 0) is 23.8 Å². The number of rotatable bonds is 6. The fourth-order valence-electron chi connectivity index (χ4n) is 2.32. The molecular formula is C18H17BrN2OS. The van der Waals surface area contributed by atoms with Gasteiger partial charge in [-0.3, -0.25) is 0 Å². The number of aromatic nitrogens is 1. The third-order valence-electron chi connectivity index (χ3n) is 3.45. The lowest BCUT2D eigenvalue weighted by molar-refractivity contribution is 0.407. The first-order valence-electron chi connectivity index (χ1n) is 7.29. The largest absolute Gasteiger partial charge is 0.496 e. The van der Waals surface area contributed by atoms with E-state index in [9.17, 15) is 0 Å². The van der Waals surface area contributed by atoms with Crippen LogP contribution in [0.2, 0.25) is 0 Å². The van der Waals surface area contributed by atoms with E-state index in [2.05, 4.69) is 44.4 Å². The van der Waals surface area contributed by atoms with Gasteiger partial charge < -0.3 is 10.1 Å². The van der Waals surface area contributed by atoms with Crippen LogP contribution in [0.1, 0.15) is 10.6 Å². The summed E-state index contributed by atoms with van der Waals surface area (Å²) in [6.45, 7) is 1.51. The van der Waals surface area contributed by atoms with Crippen LogP contribution in [0.15, 0.2) is 59.2 Å². The number of thiazole rings is 1. The molecule has 0 atom stereocenters. The predicted molar refractivity (Wildman–Crippen MR) is 98.8 cm³/mol. The Morgan fingerprint density at radius 1 is 1.13 bits per heavy atom. The van der Waals surface area contributed by atoms with E-state index in [-0.39, 0.29) is 0 Å². The normalized spacial score (nSPS) is 10.7. The second-order valence-electron chi connectivity index (χ2n) is 5.04. The van der Waals surface area contributed by atoms with Gasteiger partial charge in [-0.25, -0.2) is 4.98 Å². The van der Waals surface area contributed by atoms with Crippen molar-refractivity contribution in [1.82, 2.24) is 10.3 Å². The van der Waals surface area contributed by atoms with Crippen LogP contribution in [-0.2, 0) is 13.1 Å². The maximum Gasteiger partial charge on any atom is 0.123 e. The van der Waals surface area contributed by atoms with E-state index in [1.165, 1.54) is 10.4 Å². The quantitative estimate of drug-likeness (QED) is 0.653. The zero-order valence-corrected chi connectivity index (χ0v) is 15.2. The summed E-state index contributed by atoms with van der Waals surface area (Å²) in [5, 5.41) is 4.51. The van der Waals surface area contributed by atoms with Gasteiger partial charge in [0.15, 0.2) is 0 Å². The minimum absolute atomic E-state index is 0.747. The summed E-state index contributed by atoms with van der Waals surface area (Å²) >= 11 is 5.22. The standard InChI is InChI=1S/C18H17BrN2OS/c1-22-16-8-3-2-5-14(16)10-20-12-18-21-11-17(23-18)13-6-4-7-15(19)9-13/h2-9,11,20H,10,12H2,1H3. The van der Waals surface area contributed by atoms with E-state index in [0.29, 0.717) is 0 Å². The Labute approximate surface area is 148 Å². The van der Waals surface area contributed by atoms with Gasteiger partial charge in [0.25, 0.3) is 0 Å². The highest BCUT2D eigenvalue weighted by molar-refractivity contribution is 9.10.